The number of hydrogen-bond acceptors (Lipinski definition) is 5. The van der Waals surface area contributed by atoms with Crippen LogP contribution in [0, 0.1) is 0 Å². The third kappa shape index (κ3) is 4.81. The molecule has 0 aliphatic carbocycles. The Morgan fingerprint density at radius 3 is 2.55 bits per heavy atom. The van der Waals surface area contributed by atoms with E-state index in [0.29, 0.717) is 38.9 Å². The van der Waals surface area contributed by atoms with Crippen LogP contribution in [0.25, 0.3) is 6.08 Å². The molecule has 3 aromatic rings. The fourth-order valence-corrected chi connectivity index (χ4v) is 3.78. The van der Waals surface area contributed by atoms with Crippen LogP contribution in [-0.4, -0.2) is 18.8 Å². The summed E-state index contributed by atoms with van der Waals surface area (Å²) in [6.45, 7) is 0.351. The Kier molecular flexibility index (Phi) is 6.39. The number of hydrogen-bond donors (Lipinski definition) is 0. The normalized spacial score (nSPS) is 14.4. The number of oxime groups is 1. The average Bonchev–Trinajstić information content (AvgIpc) is 3.14. The van der Waals surface area contributed by atoms with E-state index in [2.05, 4.69) is 21.1 Å². The SMILES string of the molecule is COc1cc(/C=C2\C(=O)ON=C2c2ccccc2)cc(Br)c1OCc1ccc(Cl)cc1. The zero-order valence-corrected chi connectivity index (χ0v) is 18.8. The van der Waals surface area contributed by atoms with Crippen molar-refractivity contribution in [2.24, 2.45) is 5.16 Å². The van der Waals surface area contributed by atoms with Gasteiger partial charge >= 0.3 is 5.97 Å². The van der Waals surface area contributed by atoms with Gasteiger partial charge in [-0.25, -0.2) is 4.79 Å². The molecule has 156 valence electrons. The summed E-state index contributed by atoms with van der Waals surface area (Å²) in [4.78, 5) is 17.2. The lowest BCUT2D eigenvalue weighted by atomic mass is 10.0. The molecule has 31 heavy (non-hydrogen) atoms. The van der Waals surface area contributed by atoms with Crippen molar-refractivity contribution in [3.63, 3.8) is 0 Å². The topological polar surface area (TPSA) is 57.1 Å². The van der Waals surface area contributed by atoms with Crippen LogP contribution < -0.4 is 9.47 Å². The Balaban J connectivity index is 1.62. The van der Waals surface area contributed by atoms with E-state index >= 15 is 0 Å². The van der Waals surface area contributed by atoms with Crippen molar-refractivity contribution in [2.75, 3.05) is 7.11 Å². The number of ether oxygens (including phenoxy) is 2. The third-order valence-corrected chi connectivity index (χ3v) is 5.44. The Bertz CT molecular complexity index is 1170. The van der Waals surface area contributed by atoms with Gasteiger partial charge in [-0.3, -0.25) is 0 Å². The molecule has 0 unspecified atom stereocenters. The van der Waals surface area contributed by atoms with Gasteiger partial charge in [0.15, 0.2) is 11.5 Å². The minimum absolute atomic E-state index is 0.351. The van der Waals surface area contributed by atoms with Crippen LogP contribution in [0.15, 0.2) is 81.9 Å². The number of carbonyl (C=O) groups is 1. The van der Waals surface area contributed by atoms with Crippen molar-refractivity contribution < 1.29 is 19.1 Å². The molecular formula is C24H17BrClNO4. The molecule has 0 saturated heterocycles. The van der Waals surface area contributed by atoms with Crippen LogP contribution >= 0.6 is 27.5 Å². The maximum absolute atomic E-state index is 12.3. The summed E-state index contributed by atoms with van der Waals surface area (Å²) in [6.07, 6.45) is 1.72. The van der Waals surface area contributed by atoms with E-state index in [9.17, 15) is 4.79 Å². The number of methoxy groups -OCH3 is 1. The van der Waals surface area contributed by atoms with Crippen LogP contribution in [0.3, 0.4) is 0 Å². The molecule has 0 spiro atoms. The van der Waals surface area contributed by atoms with Crippen molar-refractivity contribution in [1.82, 2.24) is 0 Å². The Labute approximate surface area is 193 Å². The molecule has 0 saturated carbocycles. The predicted molar refractivity (Wildman–Crippen MR) is 124 cm³/mol. The molecule has 0 atom stereocenters. The molecule has 1 heterocycles. The Morgan fingerprint density at radius 2 is 1.84 bits per heavy atom. The van der Waals surface area contributed by atoms with Gasteiger partial charge in [0.05, 0.1) is 17.2 Å². The quantitative estimate of drug-likeness (QED) is 0.307. The minimum atomic E-state index is -0.503. The van der Waals surface area contributed by atoms with Crippen molar-refractivity contribution in [3.05, 3.63) is 98.5 Å². The van der Waals surface area contributed by atoms with E-state index in [-0.39, 0.29) is 0 Å². The van der Waals surface area contributed by atoms with Crippen LogP contribution in [0.4, 0.5) is 0 Å². The van der Waals surface area contributed by atoms with Gasteiger partial charge in [-0.1, -0.05) is 59.2 Å². The zero-order chi connectivity index (χ0) is 21.8. The average molecular weight is 499 g/mol. The number of carbonyl (C=O) groups excluding carboxylic acids is 1. The van der Waals surface area contributed by atoms with Crippen molar-refractivity contribution >= 4 is 45.3 Å². The van der Waals surface area contributed by atoms with Gasteiger partial charge in [-0.2, -0.15) is 0 Å². The van der Waals surface area contributed by atoms with E-state index in [0.717, 1.165) is 16.7 Å². The van der Waals surface area contributed by atoms with Gasteiger partial charge in [0, 0.05) is 10.6 Å². The van der Waals surface area contributed by atoms with Gasteiger partial charge in [0.25, 0.3) is 0 Å². The van der Waals surface area contributed by atoms with Crippen LogP contribution in [0.2, 0.25) is 5.02 Å². The lowest BCUT2D eigenvalue weighted by molar-refractivity contribution is -0.136. The summed E-state index contributed by atoms with van der Waals surface area (Å²) < 4.78 is 12.2. The molecule has 3 aromatic carbocycles. The predicted octanol–water partition coefficient (Wildman–Crippen LogP) is 6.03. The molecule has 5 nitrogen and oxygen atoms in total. The first-order valence-electron chi connectivity index (χ1n) is 9.37. The van der Waals surface area contributed by atoms with Crippen molar-refractivity contribution in [2.45, 2.75) is 6.61 Å². The second kappa shape index (κ2) is 9.37. The maximum atomic E-state index is 12.3. The highest BCUT2D eigenvalue weighted by Gasteiger charge is 2.27. The van der Waals surface area contributed by atoms with Crippen LogP contribution in [0.1, 0.15) is 16.7 Å². The summed E-state index contributed by atoms with van der Waals surface area (Å²) in [6, 6.07) is 20.5. The standard InChI is InChI=1S/C24H17BrClNO4/c1-29-21-13-16(11-19-22(27-31-24(19)28)17-5-3-2-4-6-17)12-20(25)23(21)30-14-15-7-9-18(26)10-8-15/h2-13H,14H2,1H3/b19-11-. The molecule has 0 aromatic heterocycles. The Hall–Kier alpha value is -3.09. The zero-order valence-electron chi connectivity index (χ0n) is 16.5. The van der Waals surface area contributed by atoms with Gasteiger partial charge in [-0.15, -0.1) is 0 Å². The van der Waals surface area contributed by atoms with E-state index in [1.165, 1.54) is 0 Å². The van der Waals surface area contributed by atoms with Gasteiger partial charge in [0.2, 0.25) is 0 Å². The smallest absolute Gasteiger partial charge is 0.368 e. The first kappa shape index (κ1) is 21.2. The number of benzene rings is 3. The summed E-state index contributed by atoms with van der Waals surface area (Å²) in [5.41, 5.74) is 3.37. The van der Waals surface area contributed by atoms with Crippen molar-refractivity contribution in [3.8, 4) is 11.5 Å². The molecule has 0 amide bonds. The number of halogens is 2. The molecule has 7 heteroatoms. The lowest BCUT2D eigenvalue weighted by Crippen LogP contribution is -2.06. The first-order valence-corrected chi connectivity index (χ1v) is 10.5. The third-order valence-electron chi connectivity index (χ3n) is 4.60. The van der Waals surface area contributed by atoms with Gasteiger partial charge in [0.1, 0.15) is 12.3 Å². The highest BCUT2D eigenvalue weighted by Crippen LogP contribution is 2.38. The summed E-state index contributed by atoms with van der Waals surface area (Å²) >= 11 is 9.48. The van der Waals surface area contributed by atoms with Gasteiger partial charge < -0.3 is 14.3 Å². The monoisotopic (exact) mass is 497 g/mol. The highest BCUT2D eigenvalue weighted by atomic mass is 79.9. The summed E-state index contributed by atoms with van der Waals surface area (Å²) in [5, 5.41) is 4.61. The molecule has 0 radical (unpaired) electrons. The molecular weight excluding hydrogens is 482 g/mol. The van der Waals surface area contributed by atoms with E-state index in [1.54, 1.807) is 19.3 Å². The lowest BCUT2D eigenvalue weighted by Gasteiger charge is -2.14. The molecule has 4 rings (SSSR count). The largest absolute Gasteiger partial charge is 0.493 e. The molecule has 1 aliphatic rings. The molecule has 1 aliphatic heterocycles. The molecule has 0 N–H and O–H groups in total. The summed E-state index contributed by atoms with van der Waals surface area (Å²) in [7, 11) is 1.56. The second-order valence-electron chi connectivity index (χ2n) is 6.69. The number of nitrogens with zero attached hydrogens (tertiary/aromatic N) is 1. The maximum Gasteiger partial charge on any atom is 0.368 e. The Morgan fingerprint density at radius 1 is 1.10 bits per heavy atom. The molecule has 0 fully saturated rings. The minimum Gasteiger partial charge on any atom is -0.493 e. The highest BCUT2D eigenvalue weighted by molar-refractivity contribution is 9.10. The van der Waals surface area contributed by atoms with Crippen LogP contribution in [-0.2, 0) is 16.2 Å². The van der Waals surface area contributed by atoms with E-state index in [4.69, 9.17) is 25.9 Å². The van der Waals surface area contributed by atoms with Crippen LogP contribution in [0.5, 0.6) is 11.5 Å². The summed E-state index contributed by atoms with van der Waals surface area (Å²) in [5.74, 6) is 0.585. The fourth-order valence-electron chi connectivity index (χ4n) is 3.08. The first-order chi connectivity index (χ1) is 15.0. The fraction of sp³-hybridized carbons (Fsp3) is 0.0833. The number of rotatable bonds is 6. The van der Waals surface area contributed by atoms with Crippen molar-refractivity contribution in [1.29, 1.82) is 0 Å². The van der Waals surface area contributed by atoms with E-state index < -0.39 is 5.97 Å². The second-order valence-corrected chi connectivity index (χ2v) is 7.98. The molecule has 0 bridgehead atoms. The van der Waals surface area contributed by atoms with Gasteiger partial charge in [-0.05, 0) is 57.4 Å². The van der Waals surface area contributed by atoms with E-state index in [1.807, 2.05) is 60.7 Å².